The summed E-state index contributed by atoms with van der Waals surface area (Å²) in [7, 11) is 0. The summed E-state index contributed by atoms with van der Waals surface area (Å²) < 4.78 is 10.0. The number of carbonyl (C=O) groups excluding carboxylic acids is 2. The fourth-order valence-corrected chi connectivity index (χ4v) is 2.20. The zero-order chi connectivity index (χ0) is 14.5. The first-order chi connectivity index (χ1) is 8.81. The molecular weight excluding hydrogens is 268 g/mol. The Hall–Kier alpha value is -1.37. The van der Waals surface area contributed by atoms with Gasteiger partial charge in [0.15, 0.2) is 5.50 Å². The summed E-state index contributed by atoms with van der Waals surface area (Å²) in [4.78, 5) is 24.7. The van der Waals surface area contributed by atoms with E-state index in [1.165, 1.54) is 11.8 Å². The van der Waals surface area contributed by atoms with E-state index >= 15 is 0 Å². The smallest absolute Gasteiger partial charge is 0.409 e. The molecular formula is C12H20N2O4S. The maximum Gasteiger partial charge on any atom is 0.409 e. The molecule has 1 atom stereocenters. The third-order valence-electron chi connectivity index (χ3n) is 2.02. The van der Waals surface area contributed by atoms with Crippen molar-refractivity contribution >= 4 is 23.8 Å². The van der Waals surface area contributed by atoms with E-state index in [1.54, 1.807) is 44.2 Å². The summed E-state index contributed by atoms with van der Waals surface area (Å²) >= 11 is 1.39. The van der Waals surface area contributed by atoms with Gasteiger partial charge >= 0.3 is 12.1 Å². The maximum atomic E-state index is 11.7. The average Bonchev–Trinajstić information content (AvgIpc) is 2.62. The first-order valence-corrected chi connectivity index (χ1v) is 6.99. The Morgan fingerprint density at radius 3 is 2.68 bits per heavy atom. The van der Waals surface area contributed by atoms with Gasteiger partial charge < -0.3 is 14.4 Å². The highest BCUT2D eigenvalue weighted by Gasteiger charge is 2.26. The molecule has 19 heavy (non-hydrogen) atoms. The second-order valence-electron chi connectivity index (χ2n) is 4.90. The molecule has 0 aromatic carbocycles. The minimum Gasteiger partial charge on any atom is -0.465 e. The predicted molar refractivity (Wildman–Crippen MR) is 73.2 cm³/mol. The van der Waals surface area contributed by atoms with Gasteiger partial charge in [-0.05, 0) is 33.1 Å². The van der Waals surface area contributed by atoms with E-state index in [9.17, 15) is 9.59 Å². The third-order valence-corrected chi connectivity index (χ3v) is 2.94. The first-order valence-electron chi connectivity index (χ1n) is 6.05. The molecule has 1 N–H and O–H groups in total. The Balaban J connectivity index is 2.45. The molecule has 1 aliphatic rings. The highest BCUT2D eigenvalue weighted by Crippen LogP contribution is 2.23. The fraction of sp³-hybridized carbons (Fsp3) is 0.667. The van der Waals surface area contributed by atoms with E-state index in [2.05, 4.69) is 5.32 Å². The van der Waals surface area contributed by atoms with Gasteiger partial charge in [0, 0.05) is 6.20 Å². The van der Waals surface area contributed by atoms with Crippen LogP contribution in [-0.2, 0) is 14.3 Å². The third kappa shape index (κ3) is 5.87. The van der Waals surface area contributed by atoms with Gasteiger partial charge in [0.2, 0.25) is 0 Å². The van der Waals surface area contributed by atoms with E-state index in [0.29, 0.717) is 6.61 Å². The van der Waals surface area contributed by atoms with E-state index in [-0.39, 0.29) is 18.0 Å². The number of nitrogens with one attached hydrogen (secondary N) is 1. The van der Waals surface area contributed by atoms with Crippen molar-refractivity contribution in [2.75, 3.05) is 13.2 Å². The minimum atomic E-state index is -0.549. The number of rotatable bonds is 4. The zero-order valence-corrected chi connectivity index (χ0v) is 12.5. The number of amides is 1. The Labute approximate surface area is 117 Å². The van der Waals surface area contributed by atoms with Crippen LogP contribution in [0.4, 0.5) is 4.79 Å². The molecule has 7 heteroatoms. The second kappa shape index (κ2) is 6.70. The number of hydrogen-bond acceptors (Lipinski definition) is 6. The van der Waals surface area contributed by atoms with Crippen molar-refractivity contribution in [1.29, 1.82) is 0 Å². The largest absolute Gasteiger partial charge is 0.465 e. The van der Waals surface area contributed by atoms with Crippen LogP contribution in [0.5, 0.6) is 0 Å². The van der Waals surface area contributed by atoms with E-state index in [0.717, 1.165) is 0 Å². The van der Waals surface area contributed by atoms with Crippen molar-refractivity contribution in [3.05, 3.63) is 11.6 Å². The molecule has 0 aliphatic carbocycles. The van der Waals surface area contributed by atoms with Crippen molar-refractivity contribution in [2.45, 2.75) is 38.8 Å². The lowest BCUT2D eigenvalue weighted by molar-refractivity contribution is -0.144. The lowest BCUT2D eigenvalue weighted by Gasteiger charge is -2.26. The first kappa shape index (κ1) is 15.7. The van der Waals surface area contributed by atoms with Crippen LogP contribution in [0.3, 0.4) is 0 Å². The number of ether oxygens (including phenoxy) is 2. The topological polar surface area (TPSA) is 67.9 Å². The molecule has 0 fully saturated rings. The Morgan fingerprint density at radius 1 is 1.42 bits per heavy atom. The van der Waals surface area contributed by atoms with Gasteiger partial charge in [-0.3, -0.25) is 10.1 Å². The van der Waals surface area contributed by atoms with Crippen molar-refractivity contribution in [2.24, 2.45) is 0 Å². The molecule has 0 aromatic rings. The predicted octanol–water partition coefficient (Wildman–Crippen LogP) is 1.88. The maximum absolute atomic E-state index is 11.7. The molecule has 0 spiro atoms. The number of thioether (sulfide) groups is 1. The van der Waals surface area contributed by atoms with Gasteiger partial charge in [-0.25, -0.2) is 4.79 Å². The lowest BCUT2D eigenvalue weighted by atomic mass is 10.2. The van der Waals surface area contributed by atoms with Crippen LogP contribution < -0.4 is 5.32 Å². The van der Waals surface area contributed by atoms with Crippen molar-refractivity contribution in [1.82, 2.24) is 10.2 Å². The van der Waals surface area contributed by atoms with Crippen LogP contribution in [0.1, 0.15) is 27.7 Å². The summed E-state index contributed by atoms with van der Waals surface area (Å²) in [5, 5.41) is 4.50. The van der Waals surface area contributed by atoms with Gasteiger partial charge in [0.1, 0.15) is 12.1 Å². The van der Waals surface area contributed by atoms with E-state index in [1.807, 2.05) is 0 Å². The molecule has 1 rings (SSSR count). The van der Waals surface area contributed by atoms with E-state index in [4.69, 9.17) is 9.47 Å². The molecule has 6 nitrogen and oxygen atoms in total. The van der Waals surface area contributed by atoms with Gasteiger partial charge in [-0.1, -0.05) is 11.8 Å². The summed E-state index contributed by atoms with van der Waals surface area (Å²) in [6.07, 6.45) is 1.23. The Kier molecular flexibility index (Phi) is 5.53. The van der Waals surface area contributed by atoms with Gasteiger partial charge in [0.05, 0.1) is 6.61 Å². The molecule has 108 valence electrons. The normalized spacial score (nSPS) is 18.3. The van der Waals surface area contributed by atoms with Crippen LogP contribution in [-0.4, -0.2) is 41.2 Å². The van der Waals surface area contributed by atoms with Crippen LogP contribution in [0, 0.1) is 0 Å². The minimum absolute atomic E-state index is 0.0950. The quantitative estimate of drug-likeness (QED) is 0.797. The molecule has 0 saturated heterocycles. The molecule has 1 amide bonds. The lowest BCUT2D eigenvalue weighted by Crippen LogP contribution is -2.45. The highest BCUT2D eigenvalue weighted by molar-refractivity contribution is 8.02. The van der Waals surface area contributed by atoms with Crippen molar-refractivity contribution < 1.29 is 19.1 Å². The monoisotopic (exact) mass is 288 g/mol. The molecule has 1 aliphatic heterocycles. The highest BCUT2D eigenvalue weighted by atomic mass is 32.2. The standard InChI is InChI=1S/C12H20N2O4S/c1-5-17-9(15)8-14-6-7-19-10(14)13-11(16)18-12(2,3)4/h6-7,10H,5,8H2,1-4H3,(H,13,16)/t10-/m1/s1. The Morgan fingerprint density at radius 2 is 2.11 bits per heavy atom. The number of hydrogen-bond donors (Lipinski definition) is 1. The van der Waals surface area contributed by atoms with Crippen LogP contribution in [0.25, 0.3) is 0 Å². The molecule has 0 unspecified atom stereocenters. The molecule has 0 saturated carbocycles. The van der Waals surface area contributed by atoms with Gasteiger partial charge in [0.25, 0.3) is 0 Å². The van der Waals surface area contributed by atoms with Crippen LogP contribution >= 0.6 is 11.8 Å². The van der Waals surface area contributed by atoms with E-state index < -0.39 is 11.7 Å². The van der Waals surface area contributed by atoms with Crippen LogP contribution in [0.15, 0.2) is 11.6 Å². The summed E-state index contributed by atoms with van der Waals surface area (Å²) in [6, 6.07) is 0. The number of nitrogens with zero attached hydrogens (tertiary/aromatic N) is 1. The average molecular weight is 288 g/mol. The molecule has 0 radical (unpaired) electrons. The van der Waals surface area contributed by atoms with Gasteiger partial charge in [-0.2, -0.15) is 0 Å². The number of esters is 1. The Bertz CT molecular complexity index is 365. The zero-order valence-electron chi connectivity index (χ0n) is 11.6. The summed E-state index contributed by atoms with van der Waals surface area (Å²) in [5.41, 5.74) is -0.897. The molecule has 1 heterocycles. The van der Waals surface area contributed by atoms with Gasteiger partial charge in [-0.15, -0.1) is 0 Å². The number of carbonyl (C=O) groups is 2. The second-order valence-corrected chi connectivity index (χ2v) is 5.89. The summed E-state index contributed by atoms with van der Waals surface area (Å²) in [5.74, 6) is -0.328. The summed E-state index contributed by atoms with van der Waals surface area (Å²) in [6.45, 7) is 7.57. The van der Waals surface area contributed by atoms with Crippen molar-refractivity contribution in [3.63, 3.8) is 0 Å². The van der Waals surface area contributed by atoms with Crippen LogP contribution in [0.2, 0.25) is 0 Å². The molecule has 0 bridgehead atoms. The van der Waals surface area contributed by atoms with Crippen molar-refractivity contribution in [3.8, 4) is 0 Å². The number of alkyl carbamates (subject to hydrolysis) is 1. The fourth-order valence-electron chi connectivity index (χ4n) is 1.36. The SMILES string of the molecule is CCOC(=O)CN1C=CS[C@@H]1NC(=O)OC(C)(C)C. The molecule has 0 aromatic heterocycles.